The Morgan fingerprint density at radius 1 is 1.12 bits per heavy atom. The van der Waals surface area contributed by atoms with E-state index in [9.17, 15) is 13.6 Å². The molecule has 2 aromatic heterocycles. The molecule has 0 aliphatic carbocycles. The van der Waals surface area contributed by atoms with E-state index in [0.717, 1.165) is 15.9 Å². The Morgan fingerprint density at radius 3 is 2.56 bits per heavy atom. The summed E-state index contributed by atoms with van der Waals surface area (Å²) in [7, 11) is 0. The summed E-state index contributed by atoms with van der Waals surface area (Å²) in [5.74, 6) is -0.565. The molecule has 0 aliphatic heterocycles. The molecule has 8 heteroatoms. The van der Waals surface area contributed by atoms with Gasteiger partial charge in [0, 0.05) is 11.1 Å². The smallest absolute Gasteiger partial charge is 0.266 e. The summed E-state index contributed by atoms with van der Waals surface area (Å²) >= 11 is 7.06. The van der Waals surface area contributed by atoms with Crippen LogP contribution in [-0.2, 0) is 0 Å². The second-order valence-corrected chi connectivity index (χ2v) is 6.60. The summed E-state index contributed by atoms with van der Waals surface area (Å²) in [6.07, 6.45) is 1.39. The van der Waals surface area contributed by atoms with Gasteiger partial charge in [-0.1, -0.05) is 29.0 Å². The summed E-state index contributed by atoms with van der Waals surface area (Å²) in [4.78, 5) is 17.1. The van der Waals surface area contributed by atoms with Crippen LogP contribution in [0.5, 0.6) is 0 Å². The molecule has 2 heterocycles. The molecule has 124 valence electrons. The van der Waals surface area contributed by atoms with Crippen molar-refractivity contribution in [2.45, 2.75) is 0 Å². The van der Waals surface area contributed by atoms with Gasteiger partial charge in [-0.05, 0) is 42.5 Å². The first kappa shape index (κ1) is 15.9. The van der Waals surface area contributed by atoms with E-state index in [1.807, 2.05) is 0 Å². The molecule has 2 aromatic carbocycles. The first-order valence-corrected chi connectivity index (χ1v) is 8.33. The van der Waals surface area contributed by atoms with Crippen molar-refractivity contribution in [1.29, 1.82) is 0 Å². The second kappa shape index (κ2) is 6.02. The largest absolute Gasteiger partial charge is 0.291 e. The van der Waals surface area contributed by atoms with Crippen LogP contribution in [0.2, 0.25) is 5.02 Å². The molecule has 4 aromatic rings. The Balaban J connectivity index is 1.85. The number of hydrogen-bond acceptors (Lipinski definition) is 4. The summed E-state index contributed by atoms with van der Waals surface area (Å²) in [6, 6.07) is 9.96. The number of nitrogens with zero attached hydrogens (tertiary/aromatic N) is 3. The minimum Gasteiger partial charge on any atom is -0.266 e. The SMILES string of the molecule is O=c1c(=Cc2c(F)cccc2Cl)sc2nc(-c3ccc(F)cc3)nn12. The van der Waals surface area contributed by atoms with Gasteiger partial charge in [0.05, 0.1) is 9.55 Å². The number of rotatable bonds is 2. The maximum atomic E-state index is 13.9. The summed E-state index contributed by atoms with van der Waals surface area (Å²) in [6.45, 7) is 0. The highest BCUT2D eigenvalue weighted by atomic mass is 35.5. The Morgan fingerprint density at radius 2 is 1.88 bits per heavy atom. The summed E-state index contributed by atoms with van der Waals surface area (Å²) in [5.41, 5.74) is 0.323. The lowest BCUT2D eigenvalue weighted by atomic mass is 10.2. The molecule has 0 spiro atoms. The van der Waals surface area contributed by atoms with Gasteiger partial charge in [-0.3, -0.25) is 4.79 Å². The number of thiazole rings is 1. The molecule has 0 saturated heterocycles. The molecular formula is C17H8ClF2N3OS. The molecule has 4 rings (SSSR count). The summed E-state index contributed by atoms with van der Waals surface area (Å²) < 4.78 is 28.3. The van der Waals surface area contributed by atoms with Crippen LogP contribution < -0.4 is 10.1 Å². The van der Waals surface area contributed by atoms with E-state index in [0.29, 0.717) is 16.3 Å². The van der Waals surface area contributed by atoms with Crippen LogP contribution in [0.4, 0.5) is 8.78 Å². The lowest BCUT2D eigenvalue weighted by molar-refractivity contribution is 0.625. The van der Waals surface area contributed by atoms with E-state index >= 15 is 0 Å². The van der Waals surface area contributed by atoms with Gasteiger partial charge in [0.25, 0.3) is 5.56 Å². The Hall–Kier alpha value is -2.64. The predicted molar refractivity (Wildman–Crippen MR) is 92.7 cm³/mol. The van der Waals surface area contributed by atoms with Crippen molar-refractivity contribution in [2.75, 3.05) is 0 Å². The fraction of sp³-hybridized carbons (Fsp3) is 0. The summed E-state index contributed by atoms with van der Waals surface area (Å²) in [5, 5.41) is 4.37. The molecule has 0 fully saturated rings. The molecule has 0 amide bonds. The topological polar surface area (TPSA) is 47.3 Å². The average Bonchev–Trinajstić information content (AvgIpc) is 3.12. The Kier molecular flexibility index (Phi) is 3.82. The Bertz CT molecular complexity index is 1180. The van der Waals surface area contributed by atoms with Crippen LogP contribution in [0.1, 0.15) is 5.56 Å². The average molecular weight is 376 g/mol. The van der Waals surface area contributed by atoms with Crippen molar-refractivity contribution in [3.63, 3.8) is 0 Å². The van der Waals surface area contributed by atoms with Gasteiger partial charge >= 0.3 is 0 Å². The molecule has 0 saturated carbocycles. The van der Waals surface area contributed by atoms with Crippen molar-refractivity contribution in [3.05, 3.63) is 79.6 Å². The van der Waals surface area contributed by atoms with Gasteiger partial charge in [-0.25, -0.2) is 8.78 Å². The van der Waals surface area contributed by atoms with E-state index in [4.69, 9.17) is 11.6 Å². The van der Waals surface area contributed by atoms with Gasteiger partial charge < -0.3 is 0 Å². The first-order valence-electron chi connectivity index (χ1n) is 7.14. The van der Waals surface area contributed by atoms with Crippen LogP contribution in [0.25, 0.3) is 22.4 Å². The third kappa shape index (κ3) is 2.81. The van der Waals surface area contributed by atoms with E-state index in [2.05, 4.69) is 10.1 Å². The molecule has 0 atom stereocenters. The normalized spacial score (nSPS) is 12.2. The predicted octanol–water partition coefficient (Wildman–Crippen LogP) is 3.30. The van der Waals surface area contributed by atoms with Crippen molar-refractivity contribution < 1.29 is 8.78 Å². The van der Waals surface area contributed by atoms with Crippen molar-refractivity contribution in [2.24, 2.45) is 0 Å². The van der Waals surface area contributed by atoms with Gasteiger partial charge in [0.15, 0.2) is 5.82 Å². The first-order chi connectivity index (χ1) is 12.0. The number of hydrogen-bond donors (Lipinski definition) is 0. The third-order valence-corrected chi connectivity index (χ3v) is 4.85. The zero-order chi connectivity index (χ0) is 17.6. The van der Waals surface area contributed by atoms with Gasteiger partial charge in [0.2, 0.25) is 4.96 Å². The van der Waals surface area contributed by atoms with E-state index in [-0.39, 0.29) is 20.9 Å². The van der Waals surface area contributed by atoms with Gasteiger partial charge in [-0.2, -0.15) is 9.50 Å². The number of fused-ring (bicyclic) bond motifs is 1. The molecule has 4 nitrogen and oxygen atoms in total. The second-order valence-electron chi connectivity index (χ2n) is 5.19. The quantitative estimate of drug-likeness (QED) is 0.540. The fourth-order valence-corrected chi connectivity index (χ4v) is 3.44. The van der Waals surface area contributed by atoms with Crippen molar-refractivity contribution in [3.8, 4) is 11.4 Å². The standard InChI is InChI=1S/C17H8ClF2N3OS/c18-12-2-1-3-13(20)11(12)8-14-16(24)23-17(25-14)21-15(22-23)9-4-6-10(19)7-5-9/h1-8H. The van der Waals surface area contributed by atoms with Crippen LogP contribution in [0, 0.1) is 11.6 Å². The Labute approximate surface area is 148 Å². The molecule has 0 N–H and O–H groups in total. The lowest BCUT2D eigenvalue weighted by Crippen LogP contribution is -2.23. The number of aromatic nitrogens is 3. The maximum Gasteiger partial charge on any atom is 0.291 e. The minimum absolute atomic E-state index is 0.143. The molecule has 25 heavy (non-hydrogen) atoms. The molecule has 0 radical (unpaired) electrons. The van der Waals surface area contributed by atoms with Gasteiger partial charge in [0.1, 0.15) is 11.6 Å². The molecule has 0 bridgehead atoms. The highest BCUT2D eigenvalue weighted by molar-refractivity contribution is 7.15. The highest BCUT2D eigenvalue weighted by Crippen LogP contribution is 2.20. The molecule has 0 aliphatic rings. The van der Waals surface area contributed by atoms with Crippen LogP contribution in [-0.4, -0.2) is 14.6 Å². The zero-order valence-electron chi connectivity index (χ0n) is 12.4. The monoisotopic (exact) mass is 375 g/mol. The van der Waals surface area contributed by atoms with E-state index in [1.165, 1.54) is 42.5 Å². The minimum atomic E-state index is -0.516. The van der Waals surface area contributed by atoms with Crippen LogP contribution >= 0.6 is 22.9 Å². The zero-order valence-corrected chi connectivity index (χ0v) is 14.0. The highest BCUT2D eigenvalue weighted by Gasteiger charge is 2.13. The van der Waals surface area contributed by atoms with Crippen LogP contribution in [0.15, 0.2) is 47.3 Å². The lowest BCUT2D eigenvalue weighted by Gasteiger charge is -1.97. The van der Waals surface area contributed by atoms with E-state index < -0.39 is 11.4 Å². The van der Waals surface area contributed by atoms with Crippen molar-refractivity contribution >= 4 is 34.0 Å². The van der Waals surface area contributed by atoms with E-state index in [1.54, 1.807) is 6.07 Å². The maximum absolute atomic E-state index is 13.9. The number of benzene rings is 2. The van der Waals surface area contributed by atoms with Gasteiger partial charge in [-0.15, -0.1) is 5.10 Å². The van der Waals surface area contributed by atoms with Crippen LogP contribution in [0.3, 0.4) is 0 Å². The number of halogens is 3. The van der Waals surface area contributed by atoms with Crippen molar-refractivity contribution in [1.82, 2.24) is 14.6 Å². The molecular weight excluding hydrogens is 368 g/mol. The third-order valence-electron chi connectivity index (χ3n) is 3.56. The molecule has 0 unspecified atom stereocenters. The fourth-order valence-electron chi connectivity index (χ4n) is 2.33.